The maximum absolute atomic E-state index is 14.0. The van der Waals surface area contributed by atoms with E-state index in [1.165, 1.54) is 11.3 Å². The number of amides is 1. The summed E-state index contributed by atoms with van der Waals surface area (Å²) in [6.45, 7) is 7.14. The van der Waals surface area contributed by atoms with E-state index in [1.54, 1.807) is 21.6 Å². The third-order valence-corrected chi connectivity index (χ3v) is 8.45. The summed E-state index contributed by atoms with van der Waals surface area (Å²) in [6.07, 6.45) is 1.82. The lowest BCUT2D eigenvalue weighted by molar-refractivity contribution is -0.127. The molecule has 6 nitrogen and oxygen atoms in total. The van der Waals surface area contributed by atoms with E-state index in [0.29, 0.717) is 56.1 Å². The van der Waals surface area contributed by atoms with E-state index in [-0.39, 0.29) is 11.5 Å². The monoisotopic (exact) mass is 605 g/mol. The van der Waals surface area contributed by atoms with Crippen LogP contribution in [0, 0.1) is 0 Å². The van der Waals surface area contributed by atoms with Crippen molar-refractivity contribution in [2.24, 2.45) is 4.99 Å². The predicted octanol–water partition coefficient (Wildman–Crippen LogP) is 5.99. The Morgan fingerprint density at radius 2 is 1.76 bits per heavy atom. The quantitative estimate of drug-likeness (QED) is 0.248. The smallest absolute Gasteiger partial charge is 0.271 e. The first kappa shape index (κ1) is 28.9. The molecule has 4 aromatic rings. The van der Waals surface area contributed by atoms with E-state index < -0.39 is 6.04 Å². The largest absolute Gasteiger partial charge is 0.488 e. The predicted molar refractivity (Wildman–Crippen MR) is 165 cm³/mol. The minimum absolute atomic E-state index is 0.134. The molecule has 0 unspecified atom stereocenters. The molecule has 2 heterocycles. The Morgan fingerprint density at radius 3 is 2.46 bits per heavy atom. The number of halogens is 2. The number of carbonyl (C=O) groups excluding carboxylic acids is 1. The van der Waals surface area contributed by atoms with Crippen molar-refractivity contribution >= 4 is 46.5 Å². The van der Waals surface area contributed by atoms with Crippen LogP contribution < -0.4 is 19.6 Å². The Hall–Kier alpha value is -3.65. The molecule has 0 N–H and O–H groups in total. The zero-order valence-electron chi connectivity index (χ0n) is 22.9. The van der Waals surface area contributed by atoms with Gasteiger partial charge >= 0.3 is 0 Å². The van der Waals surface area contributed by atoms with Crippen LogP contribution >= 0.6 is 34.5 Å². The second-order valence-electron chi connectivity index (χ2n) is 9.57. The van der Waals surface area contributed by atoms with Crippen molar-refractivity contribution in [3.8, 4) is 5.75 Å². The highest BCUT2D eigenvalue weighted by Gasteiger charge is 2.34. The van der Waals surface area contributed by atoms with Gasteiger partial charge in [0.25, 0.3) is 11.5 Å². The molecule has 0 spiro atoms. The molecule has 0 aliphatic carbocycles. The molecule has 3 aromatic carbocycles. The van der Waals surface area contributed by atoms with E-state index >= 15 is 0 Å². The SMILES string of the molecule is CCN(CC)C(=O)C1=C(C)N=c2s/c(=C/c3ccccc3OCc3cccc(Cl)c3)c(=O)n2[C@@H]1c1ccc(Cl)cc1. The fourth-order valence-electron chi connectivity index (χ4n) is 4.90. The number of hydrogen-bond acceptors (Lipinski definition) is 5. The first-order chi connectivity index (χ1) is 19.8. The highest BCUT2D eigenvalue weighted by atomic mass is 35.5. The summed E-state index contributed by atoms with van der Waals surface area (Å²) in [6, 6.07) is 21.7. The van der Waals surface area contributed by atoms with Gasteiger partial charge in [-0.1, -0.05) is 77.0 Å². The molecule has 0 saturated heterocycles. The number of allylic oxidation sites excluding steroid dienone is 1. The number of carbonyl (C=O) groups is 1. The number of likely N-dealkylation sites (N-methyl/N-ethyl adjacent to an activating group) is 1. The van der Waals surface area contributed by atoms with Gasteiger partial charge in [-0.15, -0.1) is 0 Å². The zero-order valence-corrected chi connectivity index (χ0v) is 25.3. The molecule has 1 aliphatic rings. The molecule has 1 aromatic heterocycles. The number of hydrogen-bond donors (Lipinski definition) is 0. The van der Waals surface area contributed by atoms with Gasteiger partial charge in [-0.25, -0.2) is 4.99 Å². The van der Waals surface area contributed by atoms with Crippen molar-refractivity contribution in [1.29, 1.82) is 0 Å². The van der Waals surface area contributed by atoms with Crippen LogP contribution in [0.3, 0.4) is 0 Å². The molecular weight excluding hydrogens is 577 g/mol. The second-order valence-corrected chi connectivity index (χ2v) is 11.4. The van der Waals surface area contributed by atoms with Crippen molar-refractivity contribution in [2.75, 3.05) is 13.1 Å². The van der Waals surface area contributed by atoms with Crippen LogP contribution in [0.2, 0.25) is 10.0 Å². The number of rotatable bonds is 8. The van der Waals surface area contributed by atoms with Gasteiger partial charge in [0.15, 0.2) is 4.80 Å². The standard InChI is InChI=1S/C32H29Cl2N3O3S/c1-4-36(5-2)31(39)28-20(3)35-32-37(29(28)22-13-15-24(33)16-14-22)30(38)27(41-32)18-23-10-6-7-12-26(23)40-19-21-9-8-11-25(34)17-21/h6-18,29H,4-5,19H2,1-3H3/b27-18+/t29-/m1/s1. The summed E-state index contributed by atoms with van der Waals surface area (Å²) in [5.41, 5.74) is 3.35. The summed E-state index contributed by atoms with van der Waals surface area (Å²) in [5.74, 6) is 0.506. The first-order valence-corrected chi connectivity index (χ1v) is 14.9. The minimum atomic E-state index is -0.631. The third kappa shape index (κ3) is 6.03. The molecule has 1 amide bonds. The van der Waals surface area contributed by atoms with E-state index in [2.05, 4.69) is 0 Å². The Balaban J connectivity index is 1.61. The topological polar surface area (TPSA) is 63.9 Å². The first-order valence-electron chi connectivity index (χ1n) is 13.3. The summed E-state index contributed by atoms with van der Waals surface area (Å²) in [7, 11) is 0. The van der Waals surface area contributed by atoms with Gasteiger partial charge in [-0.3, -0.25) is 14.2 Å². The van der Waals surface area contributed by atoms with Crippen LogP contribution in [0.1, 0.15) is 43.5 Å². The zero-order chi connectivity index (χ0) is 29.1. The molecule has 41 heavy (non-hydrogen) atoms. The molecule has 1 aliphatic heterocycles. The average Bonchev–Trinajstić information content (AvgIpc) is 3.27. The fourth-order valence-corrected chi connectivity index (χ4v) is 6.27. The Labute approximate surface area is 252 Å². The highest BCUT2D eigenvalue weighted by Crippen LogP contribution is 2.32. The van der Waals surface area contributed by atoms with Crippen molar-refractivity contribution in [3.63, 3.8) is 0 Å². The normalized spacial score (nSPS) is 15.0. The summed E-state index contributed by atoms with van der Waals surface area (Å²) < 4.78 is 8.24. The van der Waals surface area contributed by atoms with Crippen LogP contribution in [-0.2, 0) is 11.4 Å². The number of ether oxygens (including phenoxy) is 1. The van der Waals surface area contributed by atoms with Crippen LogP contribution in [0.15, 0.2) is 93.9 Å². The van der Waals surface area contributed by atoms with Crippen molar-refractivity contribution < 1.29 is 9.53 Å². The van der Waals surface area contributed by atoms with Gasteiger partial charge in [0.1, 0.15) is 12.4 Å². The lowest BCUT2D eigenvalue weighted by Crippen LogP contribution is -2.43. The van der Waals surface area contributed by atoms with Crippen LogP contribution in [0.5, 0.6) is 5.75 Å². The van der Waals surface area contributed by atoms with Gasteiger partial charge in [0.05, 0.1) is 21.8 Å². The number of para-hydroxylation sites is 1. The lowest BCUT2D eigenvalue weighted by atomic mass is 9.94. The van der Waals surface area contributed by atoms with Gasteiger partial charge in [0.2, 0.25) is 0 Å². The van der Waals surface area contributed by atoms with Crippen LogP contribution in [0.4, 0.5) is 0 Å². The van der Waals surface area contributed by atoms with Crippen molar-refractivity contribution in [3.05, 3.63) is 130 Å². The van der Waals surface area contributed by atoms with Crippen molar-refractivity contribution in [1.82, 2.24) is 9.47 Å². The molecule has 0 radical (unpaired) electrons. The molecule has 0 bridgehead atoms. The Bertz CT molecular complexity index is 1800. The summed E-state index contributed by atoms with van der Waals surface area (Å²) in [5, 5.41) is 1.22. The van der Waals surface area contributed by atoms with Gasteiger partial charge < -0.3 is 9.64 Å². The number of aromatic nitrogens is 1. The fraction of sp³-hybridized carbons (Fsp3) is 0.219. The van der Waals surface area contributed by atoms with E-state index in [4.69, 9.17) is 32.9 Å². The molecule has 1 atom stereocenters. The number of nitrogens with zero attached hydrogens (tertiary/aromatic N) is 3. The maximum atomic E-state index is 14.0. The highest BCUT2D eigenvalue weighted by molar-refractivity contribution is 7.07. The Morgan fingerprint density at radius 1 is 1.02 bits per heavy atom. The van der Waals surface area contributed by atoms with E-state index in [9.17, 15) is 9.59 Å². The van der Waals surface area contributed by atoms with Crippen LogP contribution in [-0.4, -0.2) is 28.5 Å². The van der Waals surface area contributed by atoms with Crippen LogP contribution in [0.25, 0.3) is 6.08 Å². The van der Waals surface area contributed by atoms with Gasteiger partial charge in [0, 0.05) is 28.7 Å². The maximum Gasteiger partial charge on any atom is 0.271 e. The molecule has 0 fully saturated rings. The molecule has 0 saturated carbocycles. The number of thiazole rings is 1. The van der Waals surface area contributed by atoms with Gasteiger partial charge in [-0.05, 0) is 68.3 Å². The average molecular weight is 607 g/mol. The lowest BCUT2D eigenvalue weighted by Gasteiger charge is -2.29. The summed E-state index contributed by atoms with van der Waals surface area (Å²) >= 11 is 13.6. The summed E-state index contributed by atoms with van der Waals surface area (Å²) in [4.78, 5) is 34.8. The molecule has 5 rings (SSSR count). The molecule has 210 valence electrons. The number of fused-ring (bicyclic) bond motifs is 1. The minimum Gasteiger partial charge on any atom is -0.488 e. The molecule has 9 heteroatoms. The second kappa shape index (κ2) is 12.5. The molecular formula is C32H29Cl2N3O3S. The van der Waals surface area contributed by atoms with E-state index in [1.807, 2.05) is 87.5 Å². The number of benzene rings is 3. The van der Waals surface area contributed by atoms with Crippen molar-refractivity contribution in [2.45, 2.75) is 33.4 Å². The Kier molecular flexibility index (Phi) is 8.78. The van der Waals surface area contributed by atoms with E-state index in [0.717, 1.165) is 16.7 Å². The third-order valence-electron chi connectivity index (χ3n) is 6.98. The van der Waals surface area contributed by atoms with Gasteiger partial charge in [-0.2, -0.15) is 0 Å².